The first kappa shape index (κ1) is 13.4. The van der Waals surface area contributed by atoms with Crippen molar-refractivity contribution in [1.82, 2.24) is 15.2 Å². The van der Waals surface area contributed by atoms with Gasteiger partial charge in [-0.2, -0.15) is 0 Å². The van der Waals surface area contributed by atoms with E-state index in [1.165, 1.54) is 5.39 Å². The molecule has 0 amide bonds. The van der Waals surface area contributed by atoms with Crippen LogP contribution in [0.4, 0.5) is 5.95 Å². The van der Waals surface area contributed by atoms with Crippen molar-refractivity contribution in [3.8, 4) is 22.5 Å². The van der Waals surface area contributed by atoms with Crippen molar-refractivity contribution >= 4 is 16.7 Å². The van der Waals surface area contributed by atoms with E-state index in [0.717, 1.165) is 27.9 Å². The molecule has 110 valence electrons. The standard InChI is InChI=1S/C19H14N4/c20-19-21-17(14-7-2-1-3-8-14)18(22-23-19)16-11-10-13-6-4-5-9-15(13)12-16/h1-12H,(H2,20,21,23). The lowest BCUT2D eigenvalue weighted by Crippen LogP contribution is -2.02. The van der Waals surface area contributed by atoms with Crippen LogP contribution in [-0.2, 0) is 0 Å². The lowest BCUT2D eigenvalue weighted by Gasteiger charge is -2.09. The maximum Gasteiger partial charge on any atom is 0.240 e. The van der Waals surface area contributed by atoms with Gasteiger partial charge in [-0.1, -0.05) is 66.7 Å². The van der Waals surface area contributed by atoms with Crippen LogP contribution in [0, 0.1) is 0 Å². The molecule has 0 radical (unpaired) electrons. The van der Waals surface area contributed by atoms with E-state index in [1.54, 1.807) is 0 Å². The Hall–Kier alpha value is -3.27. The van der Waals surface area contributed by atoms with Crippen LogP contribution in [-0.4, -0.2) is 15.2 Å². The number of nitrogens with two attached hydrogens (primary N) is 1. The minimum absolute atomic E-state index is 0.174. The largest absolute Gasteiger partial charge is 0.366 e. The van der Waals surface area contributed by atoms with E-state index in [2.05, 4.69) is 39.4 Å². The summed E-state index contributed by atoms with van der Waals surface area (Å²) in [5, 5.41) is 10.6. The van der Waals surface area contributed by atoms with Crippen LogP contribution in [0.1, 0.15) is 0 Å². The van der Waals surface area contributed by atoms with Crippen molar-refractivity contribution in [1.29, 1.82) is 0 Å². The summed E-state index contributed by atoms with van der Waals surface area (Å²) in [6.07, 6.45) is 0. The normalized spacial score (nSPS) is 10.8. The quantitative estimate of drug-likeness (QED) is 0.608. The number of rotatable bonds is 2. The monoisotopic (exact) mass is 298 g/mol. The fraction of sp³-hybridized carbons (Fsp3) is 0. The highest BCUT2D eigenvalue weighted by Gasteiger charge is 2.12. The van der Waals surface area contributed by atoms with Crippen molar-refractivity contribution in [2.75, 3.05) is 5.73 Å². The summed E-state index contributed by atoms with van der Waals surface area (Å²) in [6.45, 7) is 0. The number of nitrogens with zero attached hydrogens (tertiary/aromatic N) is 3. The molecule has 2 N–H and O–H groups in total. The molecule has 4 nitrogen and oxygen atoms in total. The average molecular weight is 298 g/mol. The fourth-order valence-corrected chi connectivity index (χ4v) is 2.67. The Morgan fingerprint density at radius 1 is 0.609 bits per heavy atom. The van der Waals surface area contributed by atoms with Gasteiger partial charge in [0.25, 0.3) is 0 Å². The second kappa shape index (κ2) is 5.50. The Kier molecular flexibility index (Phi) is 3.20. The number of aromatic nitrogens is 3. The maximum absolute atomic E-state index is 5.75. The molecule has 4 rings (SSSR count). The van der Waals surface area contributed by atoms with Crippen molar-refractivity contribution in [3.63, 3.8) is 0 Å². The van der Waals surface area contributed by atoms with Crippen LogP contribution in [0.25, 0.3) is 33.3 Å². The number of benzene rings is 3. The highest BCUT2D eigenvalue weighted by Crippen LogP contribution is 2.30. The zero-order valence-corrected chi connectivity index (χ0v) is 12.3. The summed E-state index contributed by atoms with van der Waals surface area (Å²) in [4.78, 5) is 4.40. The SMILES string of the molecule is Nc1nnc(-c2ccc3ccccc3c2)c(-c2ccccc2)n1. The average Bonchev–Trinajstić information content (AvgIpc) is 2.62. The topological polar surface area (TPSA) is 64.7 Å². The number of anilines is 1. The smallest absolute Gasteiger partial charge is 0.240 e. The van der Waals surface area contributed by atoms with Gasteiger partial charge in [-0.3, -0.25) is 0 Å². The molecule has 1 aromatic heterocycles. The molecule has 0 saturated carbocycles. The predicted octanol–water partition coefficient (Wildman–Crippen LogP) is 3.94. The molecule has 0 fully saturated rings. The van der Waals surface area contributed by atoms with Gasteiger partial charge in [0.05, 0.1) is 0 Å². The van der Waals surface area contributed by atoms with Crippen molar-refractivity contribution in [2.24, 2.45) is 0 Å². The van der Waals surface area contributed by atoms with Crippen LogP contribution in [0.3, 0.4) is 0 Å². The van der Waals surface area contributed by atoms with Crippen molar-refractivity contribution in [3.05, 3.63) is 72.8 Å². The molecule has 0 unspecified atom stereocenters. The maximum atomic E-state index is 5.75. The number of nitrogen functional groups attached to an aromatic ring is 1. The summed E-state index contributed by atoms with van der Waals surface area (Å²) in [6, 6.07) is 24.3. The van der Waals surface area contributed by atoms with Crippen molar-refractivity contribution < 1.29 is 0 Å². The van der Waals surface area contributed by atoms with Gasteiger partial charge in [0, 0.05) is 11.1 Å². The van der Waals surface area contributed by atoms with Gasteiger partial charge in [0.15, 0.2) is 0 Å². The van der Waals surface area contributed by atoms with Crippen LogP contribution in [0.5, 0.6) is 0 Å². The summed E-state index contributed by atoms with van der Waals surface area (Å²) in [5.41, 5.74) is 9.17. The Balaban J connectivity index is 1.94. The molecule has 0 aliphatic rings. The number of hydrogen-bond acceptors (Lipinski definition) is 4. The first-order chi connectivity index (χ1) is 11.3. The summed E-state index contributed by atoms with van der Waals surface area (Å²) in [7, 11) is 0. The Morgan fingerprint density at radius 2 is 1.35 bits per heavy atom. The molecule has 0 bridgehead atoms. The molecule has 0 aliphatic heterocycles. The van der Waals surface area contributed by atoms with Gasteiger partial charge in [0.1, 0.15) is 11.4 Å². The van der Waals surface area contributed by atoms with E-state index in [9.17, 15) is 0 Å². The summed E-state index contributed by atoms with van der Waals surface area (Å²) in [5.74, 6) is 0.174. The van der Waals surface area contributed by atoms with Gasteiger partial charge in [-0.25, -0.2) is 4.98 Å². The van der Waals surface area contributed by atoms with E-state index >= 15 is 0 Å². The third kappa shape index (κ3) is 2.51. The molecule has 1 heterocycles. The van der Waals surface area contributed by atoms with E-state index in [1.807, 2.05) is 48.5 Å². The summed E-state index contributed by atoms with van der Waals surface area (Å²) < 4.78 is 0. The van der Waals surface area contributed by atoms with Gasteiger partial charge < -0.3 is 5.73 Å². The summed E-state index contributed by atoms with van der Waals surface area (Å²) >= 11 is 0. The van der Waals surface area contributed by atoms with Crippen LogP contribution in [0.2, 0.25) is 0 Å². The molecular weight excluding hydrogens is 284 g/mol. The van der Waals surface area contributed by atoms with Crippen LogP contribution < -0.4 is 5.73 Å². The van der Waals surface area contributed by atoms with Gasteiger partial charge in [-0.15, -0.1) is 10.2 Å². The molecule has 3 aromatic carbocycles. The van der Waals surface area contributed by atoms with Crippen molar-refractivity contribution in [2.45, 2.75) is 0 Å². The molecule has 0 saturated heterocycles. The molecule has 4 aromatic rings. The van der Waals surface area contributed by atoms with Crippen LogP contribution in [0.15, 0.2) is 72.8 Å². The van der Waals surface area contributed by atoms with Crippen LogP contribution >= 0.6 is 0 Å². The lowest BCUT2D eigenvalue weighted by atomic mass is 10.0. The minimum Gasteiger partial charge on any atom is -0.366 e. The van der Waals surface area contributed by atoms with E-state index in [-0.39, 0.29) is 5.95 Å². The second-order valence-corrected chi connectivity index (χ2v) is 5.30. The zero-order chi connectivity index (χ0) is 15.6. The Bertz CT molecular complexity index is 981. The van der Waals surface area contributed by atoms with E-state index < -0.39 is 0 Å². The van der Waals surface area contributed by atoms with Gasteiger partial charge in [-0.05, 0) is 16.8 Å². The lowest BCUT2D eigenvalue weighted by molar-refractivity contribution is 0.997. The third-order valence-corrected chi connectivity index (χ3v) is 3.77. The molecular formula is C19H14N4. The number of fused-ring (bicyclic) bond motifs is 1. The van der Waals surface area contributed by atoms with Gasteiger partial charge >= 0.3 is 0 Å². The Morgan fingerprint density at radius 3 is 2.17 bits per heavy atom. The third-order valence-electron chi connectivity index (χ3n) is 3.77. The number of hydrogen-bond donors (Lipinski definition) is 1. The molecule has 23 heavy (non-hydrogen) atoms. The molecule has 0 atom stereocenters. The highest BCUT2D eigenvalue weighted by atomic mass is 15.2. The first-order valence-electron chi connectivity index (χ1n) is 7.36. The molecule has 0 aliphatic carbocycles. The predicted molar refractivity (Wildman–Crippen MR) is 92.6 cm³/mol. The fourth-order valence-electron chi connectivity index (χ4n) is 2.67. The van der Waals surface area contributed by atoms with Gasteiger partial charge in [0.2, 0.25) is 5.95 Å². The highest BCUT2D eigenvalue weighted by molar-refractivity contribution is 5.89. The van der Waals surface area contributed by atoms with E-state index in [0.29, 0.717) is 0 Å². The molecule has 0 spiro atoms. The van der Waals surface area contributed by atoms with E-state index in [4.69, 9.17) is 5.73 Å². The Labute approximate surface area is 133 Å². The second-order valence-electron chi connectivity index (χ2n) is 5.30. The first-order valence-corrected chi connectivity index (χ1v) is 7.36. The molecule has 4 heteroatoms. The minimum atomic E-state index is 0.174. The zero-order valence-electron chi connectivity index (χ0n) is 12.3.